The second kappa shape index (κ2) is 5.70. The Bertz CT molecular complexity index is 430. The molecule has 1 aromatic rings. The van der Waals surface area contributed by atoms with Crippen molar-refractivity contribution in [2.45, 2.75) is 39.3 Å². The second-order valence-electron chi connectivity index (χ2n) is 4.55. The van der Waals surface area contributed by atoms with Crippen LogP contribution in [0.2, 0.25) is 0 Å². The average Bonchev–Trinajstić information content (AvgIpc) is 2.24. The van der Waals surface area contributed by atoms with Crippen LogP contribution < -0.4 is 10.6 Å². The van der Waals surface area contributed by atoms with Gasteiger partial charge in [-0.3, -0.25) is 10.1 Å². The molecule has 18 heavy (non-hydrogen) atoms. The quantitative estimate of drug-likeness (QED) is 0.834. The Morgan fingerprint density at radius 3 is 2.39 bits per heavy atom. The number of carbonyl (C=O) groups excluding carboxylic acids is 1. The molecule has 0 fully saturated rings. The smallest absolute Gasteiger partial charge is 0.234 e. The number of nitrogens with one attached hydrogen (secondary N) is 2. The van der Waals surface area contributed by atoms with Gasteiger partial charge in [-0.25, -0.2) is 4.39 Å². The number of halogens is 1. The van der Waals surface area contributed by atoms with Gasteiger partial charge >= 0.3 is 0 Å². The molecule has 0 radical (unpaired) electrons. The third kappa shape index (κ3) is 5.03. The van der Waals surface area contributed by atoms with Crippen molar-refractivity contribution in [1.82, 2.24) is 15.0 Å². The molecule has 0 atom stereocenters. The summed E-state index contributed by atoms with van der Waals surface area (Å²) in [4.78, 5) is 23.1. The first-order valence-corrected chi connectivity index (χ1v) is 5.69. The molecule has 1 heterocycles. The summed E-state index contributed by atoms with van der Waals surface area (Å²) in [6.07, 6.45) is 0.687. The van der Waals surface area contributed by atoms with Gasteiger partial charge in [-0.1, -0.05) is 0 Å². The van der Waals surface area contributed by atoms with Crippen LogP contribution in [0.5, 0.6) is 0 Å². The molecule has 7 heteroatoms. The molecule has 0 aliphatic heterocycles. The minimum Gasteiger partial charge on any atom is -0.357 e. The molecule has 0 bridgehead atoms. The highest BCUT2D eigenvalue weighted by atomic mass is 19.1. The van der Waals surface area contributed by atoms with Crippen LogP contribution in [0.3, 0.4) is 0 Å². The van der Waals surface area contributed by atoms with Gasteiger partial charge in [0.15, 0.2) is 0 Å². The van der Waals surface area contributed by atoms with E-state index in [0.29, 0.717) is 24.6 Å². The molecule has 100 valence electrons. The summed E-state index contributed by atoms with van der Waals surface area (Å²) in [5, 5.41) is 5.25. The summed E-state index contributed by atoms with van der Waals surface area (Å²) in [5.41, 5.74) is -1.28. The molecule has 0 saturated carbocycles. The third-order valence-electron chi connectivity index (χ3n) is 2.14. The fourth-order valence-electron chi connectivity index (χ4n) is 1.27. The van der Waals surface area contributed by atoms with E-state index in [-0.39, 0.29) is 11.9 Å². The summed E-state index contributed by atoms with van der Waals surface area (Å²) < 4.78 is 13.4. The largest absolute Gasteiger partial charge is 0.357 e. The van der Waals surface area contributed by atoms with Crippen molar-refractivity contribution in [2.24, 2.45) is 0 Å². The van der Waals surface area contributed by atoms with Gasteiger partial charge in [-0.15, -0.1) is 0 Å². The van der Waals surface area contributed by atoms with E-state index >= 15 is 0 Å². The fourth-order valence-corrected chi connectivity index (χ4v) is 1.27. The lowest BCUT2D eigenvalue weighted by Gasteiger charge is -2.13. The highest BCUT2D eigenvalue weighted by molar-refractivity contribution is 5.86. The van der Waals surface area contributed by atoms with Crippen molar-refractivity contribution < 1.29 is 9.18 Å². The van der Waals surface area contributed by atoms with Crippen LogP contribution >= 0.6 is 0 Å². The van der Waals surface area contributed by atoms with Crippen LogP contribution in [-0.2, 0) is 11.2 Å². The Morgan fingerprint density at radius 1 is 1.28 bits per heavy atom. The second-order valence-corrected chi connectivity index (χ2v) is 4.55. The number of aryl methyl sites for hydroxylation is 1. The number of rotatable bonds is 5. The minimum atomic E-state index is -1.28. The van der Waals surface area contributed by atoms with Crippen molar-refractivity contribution in [3.05, 3.63) is 5.82 Å². The normalized spacial score (nSPS) is 11.2. The van der Waals surface area contributed by atoms with Crippen LogP contribution in [0.15, 0.2) is 0 Å². The lowest BCUT2D eigenvalue weighted by atomic mass is 10.1. The van der Waals surface area contributed by atoms with E-state index in [1.165, 1.54) is 20.8 Å². The molecular formula is C11H18FN5O. The Balaban J connectivity index is 2.86. The number of carbonyl (C=O) groups is 1. The van der Waals surface area contributed by atoms with Crippen LogP contribution in [0.25, 0.3) is 0 Å². The molecular weight excluding hydrogens is 237 g/mol. The first-order valence-electron chi connectivity index (χ1n) is 5.69. The van der Waals surface area contributed by atoms with Crippen LogP contribution in [0, 0.1) is 0 Å². The maximum absolute atomic E-state index is 13.4. The van der Waals surface area contributed by atoms with Gasteiger partial charge < -0.3 is 5.32 Å². The lowest BCUT2D eigenvalue weighted by molar-refractivity contribution is -0.114. The first-order chi connectivity index (χ1) is 8.30. The van der Waals surface area contributed by atoms with Gasteiger partial charge in [0.2, 0.25) is 17.8 Å². The molecule has 1 amide bonds. The van der Waals surface area contributed by atoms with Gasteiger partial charge in [0.05, 0.1) is 0 Å². The van der Waals surface area contributed by atoms with E-state index in [9.17, 15) is 9.18 Å². The van der Waals surface area contributed by atoms with Crippen LogP contribution in [0.4, 0.5) is 16.3 Å². The van der Waals surface area contributed by atoms with Crippen molar-refractivity contribution in [3.63, 3.8) is 0 Å². The van der Waals surface area contributed by atoms with Gasteiger partial charge in [-0.05, 0) is 20.3 Å². The number of aromatic nitrogens is 3. The molecule has 0 aliphatic rings. The zero-order chi connectivity index (χ0) is 13.8. The van der Waals surface area contributed by atoms with Crippen molar-refractivity contribution >= 4 is 17.8 Å². The van der Waals surface area contributed by atoms with Crippen molar-refractivity contribution in [1.29, 1.82) is 0 Å². The molecule has 0 saturated heterocycles. The predicted molar refractivity (Wildman–Crippen MR) is 67.2 cm³/mol. The van der Waals surface area contributed by atoms with Gasteiger partial charge in [0, 0.05) is 20.4 Å². The lowest BCUT2D eigenvalue weighted by Crippen LogP contribution is -2.16. The highest BCUT2D eigenvalue weighted by Crippen LogP contribution is 2.17. The third-order valence-corrected chi connectivity index (χ3v) is 2.14. The molecule has 0 aromatic carbocycles. The standard InChI is InChI=1S/C11H18FN5O/c1-7(18)14-10-16-8(5-6-11(2,3)12)15-9(13-4)17-10/h5-6H2,1-4H3,(H2,13,14,15,16,17,18). The molecule has 1 aromatic heterocycles. The van der Waals surface area contributed by atoms with Crippen molar-refractivity contribution in [3.8, 4) is 0 Å². The summed E-state index contributed by atoms with van der Waals surface area (Å²) in [5.74, 6) is 0.706. The molecule has 6 nitrogen and oxygen atoms in total. The zero-order valence-corrected chi connectivity index (χ0v) is 11.0. The molecule has 0 unspecified atom stereocenters. The van der Waals surface area contributed by atoms with Crippen molar-refractivity contribution in [2.75, 3.05) is 17.7 Å². The summed E-state index contributed by atoms with van der Waals surface area (Å²) in [6.45, 7) is 4.37. The molecule has 0 aliphatic carbocycles. The first kappa shape index (κ1) is 14.3. The topological polar surface area (TPSA) is 79.8 Å². The molecule has 0 spiro atoms. The Labute approximate surface area is 105 Å². The van der Waals surface area contributed by atoms with E-state index in [0.717, 1.165) is 0 Å². The Morgan fingerprint density at radius 2 is 1.89 bits per heavy atom. The van der Waals surface area contributed by atoms with Gasteiger partial charge in [0.1, 0.15) is 11.5 Å². The minimum absolute atomic E-state index is 0.175. The fraction of sp³-hybridized carbons (Fsp3) is 0.636. The van der Waals surface area contributed by atoms with Crippen LogP contribution in [0.1, 0.15) is 33.0 Å². The predicted octanol–water partition coefficient (Wildman–Crippen LogP) is 1.55. The molecule has 1 rings (SSSR count). The van der Waals surface area contributed by atoms with E-state index in [1.807, 2.05) is 0 Å². The van der Waals surface area contributed by atoms with E-state index in [4.69, 9.17) is 0 Å². The number of hydrogen-bond acceptors (Lipinski definition) is 5. The van der Waals surface area contributed by atoms with E-state index < -0.39 is 5.67 Å². The van der Waals surface area contributed by atoms with E-state index in [2.05, 4.69) is 25.6 Å². The highest BCUT2D eigenvalue weighted by Gasteiger charge is 2.17. The Hall–Kier alpha value is -1.79. The zero-order valence-electron chi connectivity index (χ0n) is 11.0. The maximum Gasteiger partial charge on any atom is 0.234 e. The van der Waals surface area contributed by atoms with Gasteiger partial charge in [0.25, 0.3) is 0 Å². The monoisotopic (exact) mass is 255 g/mol. The summed E-state index contributed by atoms with van der Waals surface area (Å²) >= 11 is 0. The number of hydrogen-bond donors (Lipinski definition) is 2. The number of nitrogens with zero attached hydrogens (tertiary/aromatic N) is 3. The number of alkyl halides is 1. The summed E-state index contributed by atoms with van der Waals surface area (Å²) in [7, 11) is 1.66. The Kier molecular flexibility index (Phi) is 4.52. The maximum atomic E-state index is 13.4. The molecule has 2 N–H and O–H groups in total. The number of anilines is 2. The number of amides is 1. The van der Waals surface area contributed by atoms with E-state index in [1.54, 1.807) is 7.05 Å². The SMILES string of the molecule is CNc1nc(CCC(C)(C)F)nc(NC(C)=O)n1. The summed E-state index contributed by atoms with van der Waals surface area (Å²) in [6, 6.07) is 0. The average molecular weight is 255 g/mol. The van der Waals surface area contributed by atoms with Gasteiger partial charge in [-0.2, -0.15) is 15.0 Å². The van der Waals surface area contributed by atoms with Crippen LogP contribution in [-0.4, -0.2) is 33.6 Å².